The topological polar surface area (TPSA) is 80.5 Å². The van der Waals surface area contributed by atoms with Crippen molar-refractivity contribution in [1.29, 1.82) is 0 Å². The fourth-order valence-corrected chi connectivity index (χ4v) is 2.09. The van der Waals surface area contributed by atoms with Crippen molar-refractivity contribution < 1.29 is 0 Å². The van der Waals surface area contributed by atoms with Gasteiger partial charge in [-0.1, -0.05) is 13.8 Å². The number of rotatable bonds is 8. The summed E-state index contributed by atoms with van der Waals surface area (Å²) in [7, 11) is 1.87. The van der Waals surface area contributed by atoms with Gasteiger partial charge in [0.1, 0.15) is 24.3 Å². The first-order valence-corrected chi connectivity index (χ1v) is 7.40. The van der Waals surface area contributed by atoms with Gasteiger partial charge in [0.05, 0.1) is 0 Å². The zero-order valence-corrected chi connectivity index (χ0v) is 12.9. The van der Waals surface area contributed by atoms with Crippen LogP contribution in [0, 0.1) is 0 Å². The Bertz CT molecular complexity index is 564. The molecule has 0 bridgehead atoms. The van der Waals surface area contributed by atoms with Crippen LogP contribution in [-0.2, 0) is 19.9 Å². The van der Waals surface area contributed by atoms with Crippen molar-refractivity contribution in [2.75, 3.05) is 23.7 Å². The summed E-state index contributed by atoms with van der Waals surface area (Å²) in [6, 6.07) is 0. The molecule has 7 heteroatoms. The molecular formula is C14H23N7. The first kappa shape index (κ1) is 15.2. The van der Waals surface area contributed by atoms with Crippen LogP contribution in [0.4, 0.5) is 11.6 Å². The molecule has 0 atom stereocenters. The predicted octanol–water partition coefficient (Wildman–Crippen LogP) is 1.64. The zero-order chi connectivity index (χ0) is 15.1. The maximum atomic E-state index is 4.35. The van der Waals surface area contributed by atoms with Crippen molar-refractivity contribution in [3.8, 4) is 0 Å². The number of nitrogens with one attached hydrogen (secondary N) is 2. The van der Waals surface area contributed by atoms with Gasteiger partial charge in [0.2, 0.25) is 0 Å². The van der Waals surface area contributed by atoms with Crippen LogP contribution in [0.25, 0.3) is 0 Å². The van der Waals surface area contributed by atoms with Crippen molar-refractivity contribution in [3.63, 3.8) is 0 Å². The van der Waals surface area contributed by atoms with Crippen molar-refractivity contribution in [2.24, 2.45) is 7.05 Å². The molecule has 0 amide bonds. The third kappa shape index (κ3) is 4.14. The van der Waals surface area contributed by atoms with Gasteiger partial charge in [-0.25, -0.2) is 15.0 Å². The molecule has 2 rings (SSSR count). The van der Waals surface area contributed by atoms with Crippen molar-refractivity contribution in [2.45, 2.75) is 33.1 Å². The Kier molecular flexibility index (Phi) is 5.48. The molecule has 2 N–H and O–H groups in total. The van der Waals surface area contributed by atoms with Gasteiger partial charge in [-0.3, -0.25) is 4.68 Å². The Morgan fingerprint density at radius 3 is 2.33 bits per heavy atom. The van der Waals surface area contributed by atoms with Gasteiger partial charge < -0.3 is 10.6 Å². The van der Waals surface area contributed by atoms with Gasteiger partial charge in [-0.05, 0) is 12.8 Å². The molecule has 2 heterocycles. The number of aromatic nitrogens is 5. The molecule has 0 unspecified atom stereocenters. The molecule has 0 aromatic carbocycles. The lowest BCUT2D eigenvalue weighted by atomic mass is 10.2. The van der Waals surface area contributed by atoms with Crippen LogP contribution >= 0.6 is 0 Å². The molecule has 0 aliphatic carbocycles. The third-order valence-corrected chi connectivity index (χ3v) is 3.13. The van der Waals surface area contributed by atoms with Gasteiger partial charge in [0.15, 0.2) is 5.82 Å². The van der Waals surface area contributed by atoms with Crippen LogP contribution in [-0.4, -0.2) is 37.8 Å². The van der Waals surface area contributed by atoms with Crippen molar-refractivity contribution in [1.82, 2.24) is 24.7 Å². The number of aryl methyl sites for hydroxylation is 1. The summed E-state index contributed by atoms with van der Waals surface area (Å²) < 4.78 is 1.71. The molecule has 7 nitrogen and oxygen atoms in total. The highest BCUT2D eigenvalue weighted by Gasteiger charge is 2.09. The Hall–Kier alpha value is -2.18. The van der Waals surface area contributed by atoms with Gasteiger partial charge in [-0.15, -0.1) is 0 Å². The molecule has 21 heavy (non-hydrogen) atoms. The summed E-state index contributed by atoms with van der Waals surface area (Å²) in [5, 5.41) is 11.0. The number of hydrogen-bond acceptors (Lipinski definition) is 6. The summed E-state index contributed by atoms with van der Waals surface area (Å²) in [6.45, 7) is 5.92. The quantitative estimate of drug-likeness (QED) is 0.769. The van der Waals surface area contributed by atoms with Gasteiger partial charge in [0, 0.05) is 32.1 Å². The summed E-state index contributed by atoms with van der Waals surface area (Å²) >= 11 is 0. The second-order valence-corrected chi connectivity index (χ2v) is 4.84. The first-order chi connectivity index (χ1) is 10.2. The van der Waals surface area contributed by atoms with E-state index in [4.69, 9.17) is 0 Å². The molecule has 114 valence electrons. The molecule has 0 fully saturated rings. The molecule has 2 aromatic rings. The second kappa shape index (κ2) is 7.56. The van der Waals surface area contributed by atoms with Gasteiger partial charge >= 0.3 is 0 Å². The van der Waals surface area contributed by atoms with E-state index in [1.807, 2.05) is 7.05 Å². The monoisotopic (exact) mass is 289 g/mol. The van der Waals surface area contributed by atoms with Crippen LogP contribution in [0.15, 0.2) is 12.7 Å². The van der Waals surface area contributed by atoms with Gasteiger partial charge in [0.25, 0.3) is 0 Å². The third-order valence-electron chi connectivity index (χ3n) is 3.13. The van der Waals surface area contributed by atoms with Crippen LogP contribution in [0.3, 0.4) is 0 Å². The lowest BCUT2D eigenvalue weighted by Crippen LogP contribution is -2.13. The van der Waals surface area contributed by atoms with E-state index < -0.39 is 0 Å². The van der Waals surface area contributed by atoms with Crippen LogP contribution in [0.2, 0.25) is 0 Å². The van der Waals surface area contributed by atoms with Crippen LogP contribution < -0.4 is 10.6 Å². The van der Waals surface area contributed by atoms with E-state index in [1.54, 1.807) is 17.3 Å². The predicted molar refractivity (Wildman–Crippen MR) is 83.4 cm³/mol. The summed E-state index contributed by atoms with van der Waals surface area (Å²) in [6.07, 6.45) is 6.03. The molecule has 0 radical (unpaired) electrons. The minimum atomic E-state index is 0.751. The fraction of sp³-hybridized carbons (Fsp3) is 0.571. The molecule has 0 aliphatic rings. The van der Waals surface area contributed by atoms with Crippen LogP contribution in [0.5, 0.6) is 0 Å². The molecule has 0 aliphatic heterocycles. The Morgan fingerprint density at radius 1 is 1.05 bits per heavy atom. The van der Waals surface area contributed by atoms with E-state index in [2.05, 4.69) is 44.5 Å². The number of anilines is 2. The van der Waals surface area contributed by atoms with Crippen LogP contribution in [0.1, 0.15) is 31.7 Å². The van der Waals surface area contributed by atoms with E-state index in [-0.39, 0.29) is 0 Å². The Labute approximate surface area is 125 Å². The zero-order valence-electron chi connectivity index (χ0n) is 12.9. The highest BCUT2D eigenvalue weighted by Crippen LogP contribution is 2.20. The average molecular weight is 289 g/mol. The van der Waals surface area contributed by atoms with E-state index in [0.717, 1.165) is 55.4 Å². The number of nitrogens with zero attached hydrogens (tertiary/aromatic N) is 5. The average Bonchev–Trinajstić information content (AvgIpc) is 2.90. The maximum Gasteiger partial charge on any atom is 0.152 e. The van der Waals surface area contributed by atoms with E-state index in [0.29, 0.717) is 0 Å². The van der Waals surface area contributed by atoms with E-state index in [9.17, 15) is 0 Å². The summed E-state index contributed by atoms with van der Waals surface area (Å²) in [5.41, 5.74) is 1.12. The van der Waals surface area contributed by atoms with Crippen molar-refractivity contribution >= 4 is 11.6 Å². The molecule has 0 saturated heterocycles. The highest BCUT2D eigenvalue weighted by atomic mass is 15.3. The molecule has 2 aromatic heterocycles. The number of hydrogen-bond donors (Lipinski definition) is 2. The first-order valence-electron chi connectivity index (χ1n) is 7.40. The maximum absolute atomic E-state index is 4.35. The van der Waals surface area contributed by atoms with Gasteiger partial charge in [-0.2, -0.15) is 5.10 Å². The molecule has 0 spiro atoms. The molecular weight excluding hydrogens is 266 g/mol. The highest BCUT2D eigenvalue weighted by molar-refractivity contribution is 5.57. The largest absolute Gasteiger partial charge is 0.370 e. The van der Waals surface area contributed by atoms with Crippen molar-refractivity contribution in [3.05, 3.63) is 24.0 Å². The fourth-order valence-electron chi connectivity index (χ4n) is 2.09. The smallest absolute Gasteiger partial charge is 0.152 e. The van der Waals surface area contributed by atoms with E-state index in [1.165, 1.54) is 0 Å². The normalized spacial score (nSPS) is 10.6. The minimum absolute atomic E-state index is 0.751. The lowest BCUT2D eigenvalue weighted by molar-refractivity contribution is 0.741. The summed E-state index contributed by atoms with van der Waals surface area (Å²) in [5.74, 6) is 2.65. The lowest BCUT2D eigenvalue weighted by Gasteiger charge is -2.13. The minimum Gasteiger partial charge on any atom is -0.370 e. The second-order valence-electron chi connectivity index (χ2n) is 4.84. The summed E-state index contributed by atoms with van der Waals surface area (Å²) in [4.78, 5) is 12.9. The Balaban J connectivity index is 1.98. The SMILES string of the molecule is CCCNc1ncnc(NCCc2ncn(C)n2)c1CC. The van der Waals surface area contributed by atoms with E-state index >= 15 is 0 Å². The standard InChI is InChI=1S/C14H23N7/c1-4-7-15-13-11(5-2)14(18-9-17-13)16-8-6-12-19-10-21(3)20-12/h9-10H,4-8H2,1-3H3,(H2,15,16,17,18). The molecule has 0 saturated carbocycles. The Morgan fingerprint density at radius 2 is 1.76 bits per heavy atom.